The maximum Gasteiger partial charge on any atom is 0.336 e. The summed E-state index contributed by atoms with van der Waals surface area (Å²) in [6.45, 7) is 5.54. The minimum atomic E-state index is -1.04. The lowest BCUT2D eigenvalue weighted by Crippen LogP contribution is -2.37. The third kappa shape index (κ3) is 4.10. The van der Waals surface area contributed by atoms with Gasteiger partial charge >= 0.3 is 12.0 Å². The van der Waals surface area contributed by atoms with Crippen LogP contribution in [-0.4, -0.2) is 46.8 Å². The van der Waals surface area contributed by atoms with Crippen molar-refractivity contribution in [1.29, 1.82) is 0 Å². The number of carboxylic acids is 1. The molecule has 0 bridgehead atoms. The van der Waals surface area contributed by atoms with Crippen molar-refractivity contribution in [2.45, 2.75) is 6.92 Å². The summed E-state index contributed by atoms with van der Waals surface area (Å²) in [5.74, 6) is -1.04. The first kappa shape index (κ1) is 15.7. The number of anilines is 1. The van der Waals surface area contributed by atoms with Gasteiger partial charge < -0.3 is 20.4 Å². The minimum absolute atomic E-state index is 0.139. The molecular weight excluding hydrogens is 260 g/mol. The van der Waals surface area contributed by atoms with E-state index in [9.17, 15) is 9.59 Å². The van der Waals surface area contributed by atoms with E-state index < -0.39 is 12.0 Å². The monoisotopic (exact) mass is 278 g/mol. The number of hydrogen-bond acceptors (Lipinski definition) is 3. The van der Waals surface area contributed by atoms with Crippen LogP contribution in [0.1, 0.15) is 15.9 Å². The van der Waals surface area contributed by atoms with E-state index in [-0.39, 0.29) is 18.7 Å². The molecule has 0 fully saturated rings. The summed E-state index contributed by atoms with van der Waals surface area (Å²) in [7, 11) is 0. The molecule has 0 spiro atoms. The quantitative estimate of drug-likeness (QED) is 0.691. The fourth-order valence-electron chi connectivity index (χ4n) is 1.68. The number of urea groups is 1. The van der Waals surface area contributed by atoms with Crippen molar-refractivity contribution in [2.24, 2.45) is 0 Å². The molecule has 2 amide bonds. The number of hydrogen-bond donors (Lipinski definition) is 3. The van der Waals surface area contributed by atoms with Crippen LogP contribution in [0.15, 0.2) is 30.9 Å². The van der Waals surface area contributed by atoms with Crippen LogP contribution in [0.2, 0.25) is 0 Å². The molecule has 0 aliphatic carbocycles. The lowest BCUT2D eigenvalue weighted by atomic mass is 10.1. The molecule has 0 aromatic heterocycles. The number of nitrogens with one attached hydrogen (secondary N) is 1. The van der Waals surface area contributed by atoms with E-state index in [2.05, 4.69) is 11.9 Å². The molecule has 6 nitrogen and oxygen atoms in total. The first-order valence-electron chi connectivity index (χ1n) is 6.11. The molecule has 3 N–H and O–H groups in total. The summed E-state index contributed by atoms with van der Waals surface area (Å²) in [6.07, 6.45) is 1.55. The van der Waals surface area contributed by atoms with E-state index in [0.717, 1.165) is 0 Å². The number of aliphatic hydroxyl groups is 1. The minimum Gasteiger partial charge on any atom is -0.478 e. The number of amides is 2. The average Bonchev–Trinajstić information content (AvgIpc) is 2.40. The average molecular weight is 278 g/mol. The zero-order valence-electron chi connectivity index (χ0n) is 11.3. The number of aryl methyl sites for hydroxylation is 1. The van der Waals surface area contributed by atoms with E-state index in [1.54, 1.807) is 25.1 Å². The van der Waals surface area contributed by atoms with Crippen LogP contribution >= 0.6 is 0 Å². The maximum absolute atomic E-state index is 12.0. The molecule has 0 heterocycles. The topological polar surface area (TPSA) is 89.9 Å². The van der Waals surface area contributed by atoms with Gasteiger partial charge in [-0.05, 0) is 24.6 Å². The molecule has 0 aliphatic heterocycles. The number of aromatic carboxylic acids is 1. The highest BCUT2D eigenvalue weighted by Crippen LogP contribution is 2.16. The van der Waals surface area contributed by atoms with Crippen LogP contribution in [0.4, 0.5) is 10.5 Å². The van der Waals surface area contributed by atoms with Gasteiger partial charge in [0.05, 0.1) is 12.2 Å². The molecule has 1 rings (SSSR count). The van der Waals surface area contributed by atoms with Gasteiger partial charge in [-0.1, -0.05) is 12.1 Å². The molecular formula is C14H18N2O4. The molecule has 20 heavy (non-hydrogen) atoms. The van der Waals surface area contributed by atoms with E-state index in [1.165, 1.54) is 11.0 Å². The van der Waals surface area contributed by atoms with Gasteiger partial charge in [0.2, 0.25) is 0 Å². The van der Waals surface area contributed by atoms with Crippen molar-refractivity contribution < 1.29 is 19.8 Å². The van der Waals surface area contributed by atoms with Crippen LogP contribution in [-0.2, 0) is 0 Å². The van der Waals surface area contributed by atoms with E-state index in [4.69, 9.17) is 10.2 Å². The normalized spacial score (nSPS) is 9.90. The highest BCUT2D eigenvalue weighted by molar-refractivity contribution is 5.94. The van der Waals surface area contributed by atoms with Gasteiger partial charge in [-0.3, -0.25) is 0 Å². The number of aliphatic hydroxyl groups excluding tert-OH is 1. The predicted octanol–water partition coefficient (Wildman–Crippen LogP) is 1.71. The van der Waals surface area contributed by atoms with E-state index in [1.807, 2.05) is 0 Å². The summed E-state index contributed by atoms with van der Waals surface area (Å²) in [4.78, 5) is 24.4. The molecule has 1 aromatic rings. The van der Waals surface area contributed by atoms with Gasteiger partial charge in [-0.15, -0.1) is 6.58 Å². The molecule has 0 saturated carbocycles. The molecule has 0 atom stereocenters. The van der Waals surface area contributed by atoms with Crippen LogP contribution in [0, 0.1) is 6.92 Å². The fourth-order valence-corrected chi connectivity index (χ4v) is 1.68. The Morgan fingerprint density at radius 3 is 2.70 bits per heavy atom. The third-order valence-electron chi connectivity index (χ3n) is 2.73. The van der Waals surface area contributed by atoms with Gasteiger partial charge in [0.25, 0.3) is 0 Å². The third-order valence-corrected chi connectivity index (χ3v) is 2.73. The van der Waals surface area contributed by atoms with Gasteiger partial charge in [0.1, 0.15) is 0 Å². The van der Waals surface area contributed by atoms with Crippen molar-refractivity contribution in [3.05, 3.63) is 42.0 Å². The SMILES string of the molecule is C=CCN(CCO)C(=O)Nc1ccc(C)c(C(=O)O)c1. The molecule has 0 aliphatic rings. The first-order valence-corrected chi connectivity index (χ1v) is 6.11. The summed E-state index contributed by atoms with van der Waals surface area (Å²) in [5.41, 5.74) is 1.15. The maximum atomic E-state index is 12.0. The molecule has 0 saturated heterocycles. The number of nitrogens with zero attached hydrogens (tertiary/aromatic N) is 1. The van der Waals surface area contributed by atoms with E-state index in [0.29, 0.717) is 17.8 Å². The van der Waals surface area contributed by atoms with Gasteiger partial charge in [0, 0.05) is 18.8 Å². The van der Waals surface area contributed by atoms with Crippen LogP contribution in [0.3, 0.4) is 0 Å². The lowest BCUT2D eigenvalue weighted by Gasteiger charge is -2.20. The molecule has 1 aromatic carbocycles. The number of benzene rings is 1. The van der Waals surface area contributed by atoms with Crippen LogP contribution in [0.5, 0.6) is 0 Å². The highest BCUT2D eigenvalue weighted by Gasteiger charge is 2.13. The van der Waals surface area contributed by atoms with Crippen molar-refractivity contribution in [1.82, 2.24) is 4.90 Å². The zero-order valence-corrected chi connectivity index (χ0v) is 11.3. The Labute approximate surface area is 117 Å². The largest absolute Gasteiger partial charge is 0.478 e. The second kappa shape index (κ2) is 7.30. The number of carboxylic acid groups (broad SMARTS) is 1. The molecule has 0 radical (unpaired) electrons. The van der Waals surface area contributed by atoms with Crippen molar-refractivity contribution in [2.75, 3.05) is 25.0 Å². The van der Waals surface area contributed by atoms with Gasteiger partial charge in [0.15, 0.2) is 0 Å². The molecule has 6 heteroatoms. The fraction of sp³-hybridized carbons (Fsp3) is 0.286. The van der Waals surface area contributed by atoms with E-state index >= 15 is 0 Å². The second-order valence-corrected chi connectivity index (χ2v) is 4.22. The number of carbonyl (C=O) groups is 2. The predicted molar refractivity (Wildman–Crippen MR) is 76.0 cm³/mol. The molecule has 0 unspecified atom stereocenters. The van der Waals surface area contributed by atoms with Crippen LogP contribution < -0.4 is 5.32 Å². The smallest absolute Gasteiger partial charge is 0.336 e. The van der Waals surface area contributed by atoms with Crippen molar-refractivity contribution >= 4 is 17.7 Å². The molecule has 108 valence electrons. The Hall–Kier alpha value is -2.34. The Balaban J connectivity index is 2.86. The Morgan fingerprint density at radius 1 is 1.45 bits per heavy atom. The standard InChI is InChI=1S/C14H18N2O4/c1-3-6-16(7-8-17)14(20)15-11-5-4-10(2)12(9-11)13(18)19/h3-5,9,17H,1,6-8H2,2H3,(H,15,20)(H,18,19). The van der Waals surface area contributed by atoms with Crippen molar-refractivity contribution in [3.63, 3.8) is 0 Å². The highest BCUT2D eigenvalue weighted by atomic mass is 16.4. The van der Waals surface area contributed by atoms with Crippen molar-refractivity contribution in [3.8, 4) is 0 Å². The first-order chi connectivity index (χ1) is 9.49. The summed E-state index contributed by atoms with van der Waals surface area (Å²) in [6, 6.07) is 4.24. The summed E-state index contributed by atoms with van der Waals surface area (Å²) >= 11 is 0. The number of carbonyl (C=O) groups excluding carboxylic acids is 1. The Kier molecular flexibility index (Phi) is 5.74. The Morgan fingerprint density at radius 2 is 2.15 bits per heavy atom. The van der Waals surface area contributed by atoms with Crippen LogP contribution in [0.25, 0.3) is 0 Å². The number of rotatable bonds is 6. The van der Waals surface area contributed by atoms with Gasteiger partial charge in [-0.25, -0.2) is 9.59 Å². The summed E-state index contributed by atoms with van der Waals surface area (Å²) in [5, 5.41) is 20.5. The second-order valence-electron chi connectivity index (χ2n) is 4.22. The lowest BCUT2D eigenvalue weighted by molar-refractivity contribution is 0.0696. The zero-order chi connectivity index (χ0) is 15.1. The Bertz CT molecular complexity index is 514. The summed E-state index contributed by atoms with van der Waals surface area (Å²) < 4.78 is 0. The van der Waals surface area contributed by atoms with Gasteiger partial charge in [-0.2, -0.15) is 0 Å².